The molecule has 0 saturated heterocycles. The summed E-state index contributed by atoms with van der Waals surface area (Å²) in [6.07, 6.45) is 0. The van der Waals surface area contributed by atoms with E-state index < -0.39 is 5.97 Å². The van der Waals surface area contributed by atoms with E-state index in [1.54, 1.807) is 30.0 Å². The van der Waals surface area contributed by atoms with Gasteiger partial charge in [0, 0.05) is 15.5 Å². The van der Waals surface area contributed by atoms with Crippen molar-refractivity contribution in [2.45, 2.75) is 17.6 Å². The fraction of sp³-hybridized carbons (Fsp3) is 0.154. The maximum absolute atomic E-state index is 12.7. The van der Waals surface area contributed by atoms with Crippen LogP contribution in [0.1, 0.15) is 20.1 Å². The number of aromatic carboxylic acids is 1. The van der Waals surface area contributed by atoms with E-state index in [-0.39, 0.29) is 5.82 Å². The molecule has 5 heteroatoms. The van der Waals surface area contributed by atoms with Crippen molar-refractivity contribution < 1.29 is 14.3 Å². The summed E-state index contributed by atoms with van der Waals surface area (Å²) in [6.45, 7) is 1.91. The second kappa shape index (κ2) is 5.54. The van der Waals surface area contributed by atoms with Gasteiger partial charge >= 0.3 is 5.97 Å². The van der Waals surface area contributed by atoms with Crippen molar-refractivity contribution in [2.75, 3.05) is 0 Å². The van der Waals surface area contributed by atoms with Crippen LogP contribution in [0.3, 0.4) is 0 Å². The lowest BCUT2D eigenvalue weighted by atomic mass is 10.3. The maximum Gasteiger partial charge on any atom is 0.345 e. The first-order chi connectivity index (χ1) is 8.56. The Morgan fingerprint density at radius 3 is 2.61 bits per heavy atom. The van der Waals surface area contributed by atoms with Crippen LogP contribution < -0.4 is 0 Å². The van der Waals surface area contributed by atoms with Crippen LogP contribution in [0.4, 0.5) is 4.39 Å². The molecule has 0 aliphatic heterocycles. The zero-order valence-electron chi connectivity index (χ0n) is 9.64. The molecule has 0 amide bonds. The monoisotopic (exact) mass is 282 g/mol. The molecule has 0 bridgehead atoms. The first-order valence-electron chi connectivity index (χ1n) is 5.27. The number of carboxylic acid groups (broad SMARTS) is 1. The molecule has 1 aromatic heterocycles. The molecular formula is C13H11FO2S2. The molecule has 0 unspecified atom stereocenters. The van der Waals surface area contributed by atoms with Crippen molar-refractivity contribution in [1.82, 2.24) is 0 Å². The first-order valence-corrected chi connectivity index (χ1v) is 7.07. The van der Waals surface area contributed by atoms with Crippen molar-refractivity contribution in [3.05, 3.63) is 51.5 Å². The quantitative estimate of drug-likeness (QED) is 0.854. The van der Waals surface area contributed by atoms with Gasteiger partial charge in [0.2, 0.25) is 0 Å². The van der Waals surface area contributed by atoms with E-state index in [1.807, 2.05) is 6.92 Å². The second-order valence-corrected chi connectivity index (χ2v) is 6.04. The summed E-state index contributed by atoms with van der Waals surface area (Å²) >= 11 is 2.86. The van der Waals surface area contributed by atoms with Gasteiger partial charge in [-0.3, -0.25) is 0 Å². The van der Waals surface area contributed by atoms with Crippen molar-refractivity contribution in [3.8, 4) is 0 Å². The molecule has 0 saturated carbocycles. The summed E-state index contributed by atoms with van der Waals surface area (Å²) in [5.41, 5.74) is 1.02. The van der Waals surface area contributed by atoms with Crippen LogP contribution in [-0.4, -0.2) is 11.1 Å². The number of halogens is 1. The lowest BCUT2D eigenvalue weighted by Gasteiger charge is -2.00. The summed E-state index contributed by atoms with van der Waals surface area (Å²) in [7, 11) is 0. The first kappa shape index (κ1) is 13.1. The van der Waals surface area contributed by atoms with Crippen molar-refractivity contribution in [1.29, 1.82) is 0 Å². The third-order valence-electron chi connectivity index (χ3n) is 2.44. The molecule has 0 aliphatic rings. The van der Waals surface area contributed by atoms with Crippen molar-refractivity contribution in [3.63, 3.8) is 0 Å². The highest BCUT2D eigenvalue weighted by Gasteiger charge is 2.11. The number of aryl methyl sites for hydroxylation is 1. The molecule has 18 heavy (non-hydrogen) atoms. The van der Waals surface area contributed by atoms with E-state index in [1.165, 1.54) is 23.5 Å². The molecule has 0 spiro atoms. The molecule has 0 fully saturated rings. The number of hydrogen-bond donors (Lipinski definition) is 1. The number of rotatable bonds is 4. The van der Waals surface area contributed by atoms with Crippen LogP contribution >= 0.6 is 23.1 Å². The number of carboxylic acids is 1. The summed E-state index contributed by atoms with van der Waals surface area (Å²) < 4.78 is 12.7. The highest BCUT2D eigenvalue weighted by atomic mass is 32.2. The molecule has 94 valence electrons. The van der Waals surface area contributed by atoms with Crippen molar-refractivity contribution >= 4 is 29.1 Å². The Hall–Kier alpha value is -1.33. The number of hydrogen-bond acceptors (Lipinski definition) is 3. The maximum atomic E-state index is 12.7. The molecular weight excluding hydrogens is 271 g/mol. The third kappa shape index (κ3) is 3.11. The van der Waals surface area contributed by atoms with E-state index in [4.69, 9.17) is 5.11 Å². The summed E-state index contributed by atoms with van der Waals surface area (Å²) in [4.78, 5) is 13.2. The normalized spacial score (nSPS) is 10.6. The van der Waals surface area contributed by atoms with Crippen molar-refractivity contribution in [2.24, 2.45) is 0 Å². The van der Waals surface area contributed by atoms with Crippen LogP contribution in [0.15, 0.2) is 35.2 Å². The number of benzene rings is 1. The molecule has 0 aliphatic carbocycles. The molecule has 0 atom stereocenters. The van der Waals surface area contributed by atoms with E-state index in [9.17, 15) is 9.18 Å². The fourth-order valence-electron chi connectivity index (χ4n) is 1.46. The van der Waals surface area contributed by atoms with Gasteiger partial charge < -0.3 is 5.11 Å². The van der Waals surface area contributed by atoms with Gasteiger partial charge in [0.15, 0.2) is 0 Å². The van der Waals surface area contributed by atoms with Gasteiger partial charge in [-0.25, -0.2) is 9.18 Å². The molecule has 2 nitrogen and oxygen atoms in total. The topological polar surface area (TPSA) is 37.3 Å². The van der Waals surface area contributed by atoms with Crippen LogP contribution in [0.25, 0.3) is 0 Å². The largest absolute Gasteiger partial charge is 0.477 e. The van der Waals surface area contributed by atoms with E-state index >= 15 is 0 Å². The Bertz CT molecular complexity index is 561. The molecule has 2 rings (SSSR count). The van der Waals surface area contributed by atoms with E-state index in [0.717, 1.165) is 15.3 Å². The summed E-state index contributed by atoms with van der Waals surface area (Å²) in [6, 6.07) is 8.00. The Labute approximate surface area is 112 Å². The van der Waals surface area contributed by atoms with Crippen LogP contribution in [0.5, 0.6) is 0 Å². The van der Waals surface area contributed by atoms with Gasteiger partial charge in [-0.2, -0.15) is 0 Å². The van der Waals surface area contributed by atoms with Crippen LogP contribution in [-0.2, 0) is 5.75 Å². The SMILES string of the molecule is Cc1sc(C(=O)O)cc1CSc1ccc(F)cc1. The lowest BCUT2D eigenvalue weighted by molar-refractivity contribution is 0.0702. The highest BCUT2D eigenvalue weighted by Crippen LogP contribution is 2.29. The number of thiophene rings is 1. The predicted molar refractivity (Wildman–Crippen MR) is 72.0 cm³/mol. The minimum atomic E-state index is -0.888. The highest BCUT2D eigenvalue weighted by molar-refractivity contribution is 7.98. The van der Waals surface area contributed by atoms with Gasteiger partial charge in [0.05, 0.1) is 0 Å². The molecule has 1 aromatic carbocycles. The Morgan fingerprint density at radius 1 is 1.39 bits per heavy atom. The van der Waals surface area contributed by atoms with Crippen LogP contribution in [0, 0.1) is 12.7 Å². The average Bonchev–Trinajstić information content (AvgIpc) is 2.70. The van der Waals surface area contributed by atoms with Gasteiger partial charge in [-0.05, 0) is 42.8 Å². The zero-order valence-corrected chi connectivity index (χ0v) is 11.3. The van der Waals surface area contributed by atoms with Gasteiger partial charge in [-0.15, -0.1) is 23.1 Å². The second-order valence-electron chi connectivity index (χ2n) is 3.74. The molecule has 1 heterocycles. The van der Waals surface area contributed by atoms with Gasteiger partial charge in [0.25, 0.3) is 0 Å². The standard InChI is InChI=1S/C13H11FO2S2/c1-8-9(6-12(18-8)13(15)16)7-17-11-4-2-10(14)3-5-11/h2-6H,7H2,1H3,(H,15,16). The van der Waals surface area contributed by atoms with Gasteiger partial charge in [0.1, 0.15) is 10.7 Å². The summed E-state index contributed by atoms with van der Waals surface area (Å²) in [5.74, 6) is -0.443. The van der Waals surface area contributed by atoms with Crippen LogP contribution in [0.2, 0.25) is 0 Å². The van der Waals surface area contributed by atoms with Gasteiger partial charge in [-0.1, -0.05) is 0 Å². The minimum Gasteiger partial charge on any atom is -0.477 e. The molecule has 0 radical (unpaired) electrons. The Kier molecular flexibility index (Phi) is 4.04. The molecule has 2 aromatic rings. The lowest BCUT2D eigenvalue weighted by Crippen LogP contribution is -1.90. The summed E-state index contributed by atoms with van der Waals surface area (Å²) in [5, 5.41) is 8.90. The third-order valence-corrected chi connectivity index (χ3v) is 4.58. The Balaban J connectivity index is 2.06. The van der Waals surface area contributed by atoms with E-state index in [0.29, 0.717) is 10.6 Å². The fourth-order valence-corrected chi connectivity index (χ4v) is 3.38. The smallest absolute Gasteiger partial charge is 0.345 e. The Morgan fingerprint density at radius 2 is 2.06 bits per heavy atom. The zero-order chi connectivity index (χ0) is 13.1. The predicted octanol–water partition coefficient (Wildman–Crippen LogP) is 4.19. The average molecular weight is 282 g/mol. The minimum absolute atomic E-state index is 0.251. The van der Waals surface area contributed by atoms with E-state index in [2.05, 4.69) is 0 Å². The molecule has 1 N–H and O–H groups in total. The number of thioether (sulfide) groups is 1. The number of carbonyl (C=O) groups is 1.